The maximum atomic E-state index is 6.31. The van der Waals surface area contributed by atoms with Crippen molar-refractivity contribution in [1.29, 1.82) is 0 Å². The van der Waals surface area contributed by atoms with Gasteiger partial charge in [0.25, 0.3) is 0 Å². The first-order valence-electron chi connectivity index (χ1n) is 6.10. The zero-order chi connectivity index (χ0) is 11.0. The number of thiophene rings is 1. The van der Waals surface area contributed by atoms with E-state index in [4.69, 9.17) is 5.73 Å². The summed E-state index contributed by atoms with van der Waals surface area (Å²) in [5.41, 5.74) is 6.31. The van der Waals surface area contributed by atoms with Crippen molar-refractivity contribution in [3.63, 3.8) is 0 Å². The average molecular weight is 237 g/mol. The van der Waals surface area contributed by atoms with Gasteiger partial charge in [-0.25, -0.2) is 0 Å². The minimum absolute atomic E-state index is 0.339. The molecule has 16 heavy (non-hydrogen) atoms. The Labute approximate surface area is 100 Å². The predicted molar refractivity (Wildman–Crippen MR) is 67.6 cm³/mol. The molecule has 0 saturated carbocycles. The Morgan fingerprint density at radius 3 is 3.19 bits per heavy atom. The molecule has 0 aromatic carbocycles. The lowest BCUT2D eigenvalue weighted by Gasteiger charge is -2.44. The lowest BCUT2D eigenvalue weighted by atomic mass is 9.80. The van der Waals surface area contributed by atoms with Crippen LogP contribution in [0.25, 0.3) is 0 Å². The third-order valence-electron chi connectivity index (χ3n) is 3.89. The summed E-state index contributed by atoms with van der Waals surface area (Å²) in [5, 5.41) is 9.38. The van der Waals surface area contributed by atoms with Crippen molar-refractivity contribution < 1.29 is 0 Å². The fourth-order valence-corrected chi connectivity index (χ4v) is 3.80. The Hall–Kier alpha value is -0.420. The second kappa shape index (κ2) is 4.45. The molecule has 3 heterocycles. The highest BCUT2D eigenvalue weighted by Gasteiger charge is 2.37. The number of hydrogen-bond donors (Lipinski definition) is 3. The van der Waals surface area contributed by atoms with Crippen molar-refractivity contribution >= 4 is 11.3 Å². The largest absolute Gasteiger partial charge is 0.327 e. The molecular formula is C12H19N3S. The van der Waals surface area contributed by atoms with Gasteiger partial charge in [-0.05, 0) is 30.8 Å². The smallest absolute Gasteiger partial charge is 0.0431 e. The number of hydrogen-bond acceptors (Lipinski definition) is 4. The molecule has 1 aromatic heterocycles. The van der Waals surface area contributed by atoms with Gasteiger partial charge in [-0.2, -0.15) is 0 Å². The molecule has 2 fully saturated rings. The first-order valence-corrected chi connectivity index (χ1v) is 6.98. The summed E-state index contributed by atoms with van der Waals surface area (Å²) in [6, 6.07) is 5.77. The van der Waals surface area contributed by atoms with Crippen LogP contribution in [0.3, 0.4) is 0 Å². The minimum atomic E-state index is 0.339. The number of rotatable bonds is 1. The normalized spacial score (nSPS) is 39.3. The van der Waals surface area contributed by atoms with Gasteiger partial charge in [0, 0.05) is 35.5 Å². The van der Waals surface area contributed by atoms with E-state index in [1.165, 1.54) is 11.3 Å². The summed E-state index contributed by atoms with van der Waals surface area (Å²) >= 11 is 1.84. The molecule has 4 N–H and O–H groups in total. The Bertz CT molecular complexity index is 338. The molecule has 2 aliphatic heterocycles. The zero-order valence-electron chi connectivity index (χ0n) is 9.36. The van der Waals surface area contributed by atoms with Crippen LogP contribution in [0.2, 0.25) is 0 Å². The van der Waals surface area contributed by atoms with E-state index >= 15 is 0 Å². The highest BCUT2D eigenvalue weighted by Crippen LogP contribution is 2.32. The predicted octanol–water partition coefficient (Wildman–Crippen LogP) is 1.09. The highest BCUT2D eigenvalue weighted by atomic mass is 32.1. The Kier molecular flexibility index (Phi) is 2.98. The number of piperidine rings is 2. The summed E-state index contributed by atoms with van der Waals surface area (Å²) in [6.07, 6.45) is 2.28. The van der Waals surface area contributed by atoms with Crippen LogP contribution in [0, 0.1) is 5.92 Å². The van der Waals surface area contributed by atoms with E-state index in [-0.39, 0.29) is 0 Å². The van der Waals surface area contributed by atoms with Crippen LogP contribution in [0.1, 0.15) is 23.8 Å². The molecular weight excluding hydrogens is 218 g/mol. The van der Waals surface area contributed by atoms with Crippen LogP contribution in [0.5, 0.6) is 0 Å². The van der Waals surface area contributed by atoms with E-state index in [9.17, 15) is 0 Å². The quantitative estimate of drug-likeness (QED) is 0.685. The molecule has 0 aliphatic carbocycles. The van der Waals surface area contributed by atoms with E-state index in [2.05, 4.69) is 28.1 Å². The molecule has 4 heteroatoms. The fraction of sp³-hybridized carbons (Fsp3) is 0.667. The summed E-state index contributed by atoms with van der Waals surface area (Å²) in [6.45, 7) is 2.20. The Balaban J connectivity index is 1.75. The Morgan fingerprint density at radius 2 is 2.38 bits per heavy atom. The van der Waals surface area contributed by atoms with E-state index in [1.807, 2.05) is 11.3 Å². The van der Waals surface area contributed by atoms with Crippen LogP contribution >= 0.6 is 11.3 Å². The molecule has 4 atom stereocenters. The van der Waals surface area contributed by atoms with Crippen LogP contribution in [0.15, 0.2) is 17.5 Å². The third kappa shape index (κ3) is 1.91. The van der Waals surface area contributed by atoms with Gasteiger partial charge in [-0.1, -0.05) is 6.07 Å². The number of nitrogens with one attached hydrogen (secondary N) is 2. The third-order valence-corrected chi connectivity index (χ3v) is 4.87. The standard InChI is InChI=1S/C12H19N3S/c13-9-6-11(12-2-1-5-16-12)15-10-3-4-14-7-8(9)10/h1-2,5,8-11,14-15H,3-4,6-7,13H2. The van der Waals surface area contributed by atoms with E-state index in [0.29, 0.717) is 24.0 Å². The van der Waals surface area contributed by atoms with Crippen molar-refractivity contribution in [3.8, 4) is 0 Å². The number of nitrogens with two attached hydrogens (primary N) is 1. The van der Waals surface area contributed by atoms with Crippen molar-refractivity contribution in [2.75, 3.05) is 13.1 Å². The van der Waals surface area contributed by atoms with Gasteiger partial charge in [0.2, 0.25) is 0 Å². The SMILES string of the molecule is NC1CC(c2cccs2)NC2CCNCC12. The first-order chi connectivity index (χ1) is 7.84. The molecule has 3 nitrogen and oxygen atoms in total. The molecule has 0 spiro atoms. The molecule has 0 radical (unpaired) electrons. The molecule has 88 valence electrons. The summed E-state index contributed by atoms with van der Waals surface area (Å²) in [5.74, 6) is 0.616. The molecule has 0 amide bonds. The fourth-order valence-electron chi connectivity index (χ4n) is 3.00. The molecule has 3 rings (SSSR count). The monoisotopic (exact) mass is 237 g/mol. The molecule has 2 aliphatic rings. The van der Waals surface area contributed by atoms with Crippen molar-refractivity contribution in [2.45, 2.75) is 31.0 Å². The second-order valence-corrected chi connectivity index (χ2v) is 5.88. The van der Waals surface area contributed by atoms with Gasteiger partial charge < -0.3 is 16.4 Å². The van der Waals surface area contributed by atoms with Gasteiger partial charge in [0.05, 0.1) is 0 Å². The maximum Gasteiger partial charge on any atom is 0.0431 e. The summed E-state index contributed by atoms with van der Waals surface area (Å²) in [4.78, 5) is 1.44. The highest BCUT2D eigenvalue weighted by molar-refractivity contribution is 7.10. The summed E-state index contributed by atoms with van der Waals surface area (Å²) < 4.78 is 0. The Morgan fingerprint density at radius 1 is 1.44 bits per heavy atom. The molecule has 1 aromatic rings. The van der Waals surface area contributed by atoms with Crippen LogP contribution in [-0.4, -0.2) is 25.2 Å². The van der Waals surface area contributed by atoms with Gasteiger partial charge in [-0.15, -0.1) is 11.3 Å². The van der Waals surface area contributed by atoms with E-state index in [1.54, 1.807) is 0 Å². The van der Waals surface area contributed by atoms with Crippen LogP contribution in [0.4, 0.5) is 0 Å². The van der Waals surface area contributed by atoms with Crippen molar-refractivity contribution in [2.24, 2.45) is 11.7 Å². The first kappa shape index (κ1) is 10.7. The number of fused-ring (bicyclic) bond motifs is 1. The van der Waals surface area contributed by atoms with Crippen LogP contribution in [-0.2, 0) is 0 Å². The lowest BCUT2D eigenvalue weighted by Crippen LogP contribution is -2.59. The van der Waals surface area contributed by atoms with Gasteiger partial charge >= 0.3 is 0 Å². The lowest BCUT2D eigenvalue weighted by molar-refractivity contribution is 0.164. The maximum absolute atomic E-state index is 6.31. The average Bonchev–Trinajstić information content (AvgIpc) is 2.82. The van der Waals surface area contributed by atoms with Gasteiger partial charge in [0.1, 0.15) is 0 Å². The second-order valence-electron chi connectivity index (χ2n) is 4.90. The molecule has 4 unspecified atom stereocenters. The van der Waals surface area contributed by atoms with Crippen LogP contribution < -0.4 is 16.4 Å². The zero-order valence-corrected chi connectivity index (χ0v) is 10.2. The minimum Gasteiger partial charge on any atom is -0.327 e. The van der Waals surface area contributed by atoms with E-state index in [0.717, 1.165) is 19.5 Å². The van der Waals surface area contributed by atoms with E-state index < -0.39 is 0 Å². The molecule has 0 bridgehead atoms. The molecule has 2 saturated heterocycles. The van der Waals surface area contributed by atoms with Crippen molar-refractivity contribution in [1.82, 2.24) is 10.6 Å². The van der Waals surface area contributed by atoms with Gasteiger partial charge in [-0.3, -0.25) is 0 Å². The topological polar surface area (TPSA) is 50.1 Å². The van der Waals surface area contributed by atoms with Crippen molar-refractivity contribution in [3.05, 3.63) is 22.4 Å². The summed E-state index contributed by atoms with van der Waals surface area (Å²) in [7, 11) is 0. The van der Waals surface area contributed by atoms with Gasteiger partial charge in [0.15, 0.2) is 0 Å².